The number of aromatic nitrogens is 4. The van der Waals surface area contributed by atoms with Crippen LogP contribution in [0.2, 0.25) is 0 Å². The van der Waals surface area contributed by atoms with Crippen molar-refractivity contribution in [1.29, 1.82) is 0 Å². The van der Waals surface area contributed by atoms with E-state index >= 15 is 0 Å². The van der Waals surface area contributed by atoms with E-state index in [-0.39, 0.29) is 17.8 Å². The van der Waals surface area contributed by atoms with Crippen LogP contribution in [0.4, 0.5) is 6.01 Å². The van der Waals surface area contributed by atoms with Gasteiger partial charge in [0.05, 0.1) is 0 Å². The van der Waals surface area contributed by atoms with Crippen molar-refractivity contribution in [2.24, 2.45) is 7.05 Å². The number of anilines is 1. The number of nitrogens with one attached hydrogen (secondary N) is 1. The lowest BCUT2D eigenvalue weighted by atomic mass is 10.1. The lowest BCUT2D eigenvalue weighted by molar-refractivity contribution is 0.102. The number of carbonyl (C=O) groups is 1. The van der Waals surface area contributed by atoms with Crippen LogP contribution in [0.1, 0.15) is 15.9 Å². The second-order valence-corrected chi connectivity index (χ2v) is 4.61. The largest absolute Gasteiger partial charge is 0.401 e. The van der Waals surface area contributed by atoms with Gasteiger partial charge in [0, 0.05) is 18.8 Å². The van der Waals surface area contributed by atoms with Crippen LogP contribution in [0.25, 0.3) is 11.6 Å². The molecule has 1 N–H and O–H groups in total. The van der Waals surface area contributed by atoms with Crippen molar-refractivity contribution >= 4 is 11.9 Å². The van der Waals surface area contributed by atoms with E-state index < -0.39 is 0 Å². The Hall–Kier alpha value is -2.96. The molecular weight excluding hydrogens is 270 g/mol. The second kappa shape index (κ2) is 5.20. The number of carbonyl (C=O) groups excluding carboxylic acids is 1. The Kier molecular flexibility index (Phi) is 3.23. The highest BCUT2D eigenvalue weighted by Gasteiger charge is 2.14. The molecule has 0 bridgehead atoms. The first-order valence-corrected chi connectivity index (χ1v) is 6.33. The van der Waals surface area contributed by atoms with Crippen molar-refractivity contribution in [2.45, 2.75) is 6.92 Å². The van der Waals surface area contributed by atoms with Crippen molar-refractivity contribution in [1.82, 2.24) is 20.0 Å². The SMILES string of the molecule is Cc1ccc(C(=O)Nc2nnc(-c3ccn(C)n3)o2)cc1. The number of rotatable bonds is 3. The molecule has 7 nitrogen and oxygen atoms in total. The van der Waals surface area contributed by atoms with E-state index in [2.05, 4.69) is 20.6 Å². The molecule has 0 fully saturated rings. The first-order valence-electron chi connectivity index (χ1n) is 6.33. The van der Waals surface area contributed by atoms with Crippen molar-refractivity contribution in [3.8, 4) is 11.6 Å². The Morgan fingerprint density at radius 2 is 1.95 bits per heavy atom. The number of nitrogens with zero attached hydrogens (tertiary/aromatic N) is 4. The molecule has 1 aromatic carbocycles. The second-order valence-electron chi connectivity index (χ2n) is 4.61. The van der Waals surface area contributed by atoms with Crippen molar-refractivity contribution in [2.75, 3.05) is 5.32 Å². The summed E-state index contributed by atoms with van der Waals surface area (Å²) in [7, 11) is 1.79. The standard InChI is InChI=1S/C14H13N5O2/c1-9-3-5-10(6-4-9)12(20)15-14-17-16-13(21-14)11-7-8-19(2)18-11/h3-8H,1-2H3,(H,15,17,20). The highest BCUT2D eigenvalue weighted by atomic mass is 16.4. The molecule has 0 saturated carbocycles. The normalized spacial score (nSPS) is 10.6. The first kappa shape index (κ1) is 13.0. The topological polar surface area (TPSA) is 85.8 Å². The van der Waals surface area contributed by atoms with Gasteiger partial charge in [0.2, 0.25) is 0 Å². The summed E-state index contributed by atoms with van der Waals surface area (Å²) in [5.41, 5.74) is 2.17. The van der Waals surface area contributed by atoms with Crippen LogP contribution >= 0.6 is 0 Å². The predicted molar refractivity (Wildman–Crippen MR) is 75.6 cm³/mol. The third-order valence-corrected chi connectivity index (χ3v) is 2.89. The van der Waals surface area contributed by atoms with E-state index in [1.807, 2.05) is 19.1 Å². The molecule has 0 aliphatic carbocycles. The van der Waals surface area contributed by atoms with Crippen LogP contribution in [0.5, 0.6) is 0 Å². The van der Waals surface area contributed by atoms with Gasteiger partial charge in [0.1, 0.15) is 5.69 Å². The molecular formula is C14H13N5O2. The summed E-state index contributed by atoms with van der Waals surface area (Å²) in [4.78, 5) is 12.0. The Balaban J connectivity index is 1.75. The van der Waals surface area contributed by atoms with Crippen LogP contribution < -0.4 is 5.32 Å². The molecule has 0 radical (unpaired) electrons. The van der Waals surface area contributed by atoms with Crippen LogP contribution in [0.15, 0.2) is 40.9 Å². The lowest BCUT2D eigenvalue weighted by Gasteiger charge is -2.00. The van der Waals surface area contributed by atoms with Crippen LogP contribution in [-0.4, -0.2) is 25.9 Å². The summed E-state index contributed by atoms with van der Waals surface area (Å²) in [6.45, 7) is 1.96. The molecule has 0 unspecified atom stereocenters. The average molecular weight is 283 g/mol. The molecule has 2 heterocycles. The van der Waals surface area contributed by atoms with Gasteiger partial charge in [-0.15, -0.1) is 5.10 Å². The molecule has 0 aliphatic heterocycles. The molecule has 0 saturated heterocycles. The van der Waals surface area contributed by atoms with Gasteiger partial charge in [-0.25, -0.2) is 0 Å². The third kappa shape index (κ3) is 2.81. The van der Waals surface area contributed by atoms with Gasteiger partial charge in [-0.1, -0.05) is 22.8 Å². The molecule has 106 valence electrons. The monoisotopic (exact) mass is 283 g/mol. The average Bonchev–Trinajstić information content (AvgIpc) is 3.08. The molecule has 1 amide bonds. The van der Waals surface area contributed by atoms with Crippen LogP contribution in [-0.2, 0) is 7.05 Å². The molecule has 21 heavy (non-hydrogen) atoms. The minimum absolute atomic E-state index is 0.0428. The van der Waals surface area contributed by atoms with Gasteiger partial charge >= 0.3 is 6.01 Å². The van der Waals surface area contributed by atoms with Crippen LogP contribution in [0, 0.1) is 6.92 Å². The van der Waals surface area contributed by atoms with E-state index in [0.717, 1.165) is 5.56 Å². The van der Waals surface area contributed by atoms with Gasteiger partial charge in [-0.05, 0) is 25.1 Å². The number of aryl methyl sites for hydroxylation is 2. The highest BCUT2D eigenvalue weighted by Crippen LogP contribution is 2.17. The lowest BCUT2D eigenvalue weighted by Crippen LogP contribution is -2.11. The maximum Gasteiger partial charge on any atom is 0.322 e. The number of benzene rings is 1. The quantitative estimate of drug-likeness (QED) is 0.794. The molecule has 0 aliphatic rings. The Labute approximate surface area is 120 Å². The summed E-state index contributed by atoms with van der Waals surface area (Å²) < 4.78 is 7.00. The van der Waals surface area contributed by atoms with Gasteiger partial charge in [-0.2, -0.15) is 5.10 Å². The van der Waals surface area contributed by atoms with Crippen molar-refractivity contribution in [3.05, 3.63) is 47.7 Å². The molecule has 2 aromatic heterocycles. The molecule has 0 atom stereocenters. The number of hydrogen-bond acceptors (Lipinski definition) is 5. The maximum atomic E-state index is 12.0. The van der Waals surface area contributed by atoms with Gasteiger partial charge in [0.25, 0.3) is 11.8 Å². The fraction of sp³-hybridized carbons (Fsp3) is 0.143. The fourth-order valence-corrected chi connectivity index (χ4v) is 1.78. The van der Waals surface area contributed by atoms with Crippen molar-refractivity contribution in [3.63, 3.8) is 0 Å². The zero-order valence-electron chi connectivity index (χ0n) is 11.6. The predicted octanol–water partition coefficient (Wildman–Crippen LogP) is 2.03. The summed E-state index contributed by atoms with van der Waals surface area (Å²) in [5, 5.41) is 14.4. The molecule has 0 spiro atoms. The van der Waals surface area contributed by atoms with Gasteiger partial charge < -0.3 is 4.42 Å². The van der Waals surface area contributed by atoms with Gasteiger partial charge in [-0.3, -0.25) is 14.8 Å². The van der Waals surface area contributed by atoms with Crippen molar-refractivity contribution < 1.29 is 9.21 Å². The number of amides is 1. The van der Waals surface area contributed by atoms with E-state index in [1.54, 1.807) is 36.1 Å². The van der Waals surface area contributed by atoms with E-state index in [9.17, 15) is 4.79 Å². The fourth-order valence-electron chi connectivity index (χ4n) is 1.78. The summed E-state index contributed by atoms with van der Waals surface area (Å²) >= 11 is 0. The third-order valence-electron chi connectivity index (χ3n) is 2.89. The zero-order chi connectivity index (χ0) is 14.8. The summed E-state index contributed by atoms with van der Waals surface area (Å²) in [6.07, 6.45) is 1.77. The highest BCUT2D eigenvalue weighted by molar-refractivity contribution is 6.03. The smallest absolute Gasteiger partial charge is 0.322 e. The first-order chi connectivity index (χ1) is 10.1. The minimum Gasteiger partial charge on any atom is -0.401 e. The molecule has 3 rings (SSSR count). The van der Waals surface area contributed by atoms with Crippen LogP contribution in [0.3, 0.4) is 0 Å². The summed E-state index contributed by atoms with van der Waals surface area (Å²) in [6, 6.07) is 8.99. The van der Waals surface area contributed by atoms with Gasteiger partial charge in [0.15, 0.2) is 0 Å². The zero-order valence-corrected chi connectivity index (χ0v) is 11.6. The maximum absolute atomic E-state index is 12.0. The van der Waals surface area contributed by atoms with E-state index in [0.29, 0.717) is 11.3 Å². The molecule has 7 heteroatoms. The number of hydrogen-bond donors (Lipinski definition) is 1. The molecule has 3 aromatic rings. The Morgan fingerprint density at radius 1 is 1.19 bits per heavy atom. The minimum atomic E-state index is -0.300. The Morgan fingerprint density at radius 3 is 2.62 bits per heavy atom. The van der Waals surface area contributed by atoms with E-state index in [1.165, 1.54) is 0 Å². The van der Waals surface area contributed by atoms with E-state index in [4.69, 9.17) is 4.42 Å². The Bertz CT molecular complexity index is 773. The summed E-state index contributed by atoms with van der Waals surface area (Å²) in [5.74, 6) is -0.0407.